The predicted molar refractivity (Wildman–Crippen MR) is 138 cm³/mol. The first kappa shape index (κ1) is 25.2. The van der Waals surface area contributed by atoms with Gasteiger partial charge in [-0.15, -0.1) is 0 Å². The zero-order chi connectivity index (χ0) is 25.0. The van der Waals surface area contributed by atoms with Crippen LogP contribution in [-0.4, -0.2) is 71.9 Å². The van der Waals surface area contributed by atoms with Crippen LogP contribution in [0.15, 0.2) is 59.1 Å². The summed E-state index contributed by atoms with van der Waals surface area (Å²) in [6.45, 7) is 2.48. The second-order valence-corrected chi connectivity index (χ2v) is 10.4. The van der Waals surface area contributed by atoms with Gasteiger partial charge in [0.25, 0.3) is 5.91 Å². The minimum absolute atomic E-state index is 0.101. The van der Waals surface area contributed by atoms with E-state index in [1.807, 2.05) is 54.6 Å². The Balaban J connectivity index is 1.34. The molecule has 35 heavy (non-hydrogen) atoms. The summed E-state index contributed by atoms with van der Waals surface area (Å²) in [6.07, 6.45) is 1.91. The Kier molecular flexibility index (Phi) is 7.76. The third-order valence-corrected chi connectivity index (χ3v) is 7.38. The molecular formula is C26H32BrN5O3. The minimum Gasteiger partial charge on any atom is -0.331 e. The number of urea groups is 2. The molecule has 0 radical (unpaired) electrons. The molecule has 186 valence electrons. The number of carbonyl (C=O) groups is 3. The van der Waals surface area contributed by atoms with Crippen molar-refractivity contribution in [3.05, 3.63) is 70.2 Å². The molecule has 2 aliphatic heterocycles. The van der Waals surface area contributed by atoms with Gasteiger partial charge in [-0.2, -0.15) is 0 Å². The van der Waals surface area contributed by atoms with Gasteiger partial charge in [0.15, 0.2) is 0 Å². The van der Waals surface area contributed by atoms with E-state index in [1.165, 1.54) is 9.80 Å². The molecule has 1 unspecified atom stereocenters. The van der Waals surface area contributed by atoms with Crippen LogP contribution in [0.1, 0.15) is 36.4 Å². The van der Waals surface area contributed by atoms with Crippen LogP contribution in [0.2, 0.25) is 0 Å². The summed E-state index contributed by atoms with van der Waals surface area (Å²) < 4.78 is 0.957. The van der Waals surface area contributed by atoms with E-state index in [9.17, 15) is 14.4 Å². The summed E-state index contributed by atoms with van der Waals surface area (Å²) in [5.74, 6) is -0.134. The molecule has 0 aliphatic carbocycles. The summed E-state index contributed by atoms with van der Waals surface area (Å²) in [4.78, 5) is 43.4. The van der Waals surface area contributed by atoms with Crippen LogP contribution in [0, 0.1) is 0 Å². The number of nitrogens with one attached hydrogen (secondary N) is 2. The van der Waals surface area contributed by atoms with Crippen molar-refractivity contribution in [1.82, 2.24) is 25.3 Å². The lowest BCUT2D eigenvalue weighted by Crippen LogP contribution is -2.55. The Hall–Kier alpha value is -2.91. The van der Waals surface area contributed by atoms with Crippen LogP contribution in [-0.2, 0) is 11.3 Å². The molecule has 0 aromatic heterocycles. The van der Waals surface area contributed by atoms with Gasteiger partial charge in [0, 0.05) is 38.2 Å². The van der Waals surface area contributed by atoms with Crippen LogP contribution in [0.4, 0.5) is 9.59 Å². The number of piperidine rings is 1. The largest absolute Gasteiger partial charge is 0.331 e. The number of likely N-dealkylation sites (tertiary alicyclic amines) is 1. The van der Waals surface area contributed by atoms with Gasteiger partial charge in [0.2, 0.25) is 0 Å². The lowest BCUT2D eigenvalue weighted by atomic mass is 9.87. The Morgan fingerprint density at radius 3 is 2.37 bits per heavy atom. The highest BCUT2D eigenvalue weighted by Crippen LogP contribution is 2.31. The fourth-order valence-corrected chi connectivity index (χ4v) is 4.95. The van der Waals surface area contributed by atoms with Crippen molar-refractivity contribution in [2.45, 2.75) is 37.4 Å². The first-order chi connectivity index (χ1) is 16.8. The van der Waals surface area contributed by atoms with Crippen LogP contribution in [0.5, 0.6) is 0 Å². The lowest BCUT2D eigenvalue weighted by Gasteiger charge is -2.38. The predicted octanol–water partition coefficient (Wildman–Crippen LogP) is 3.74. The van der Waals surface area contributed by atoms with Crippen molar-refractivity contribution < 1.29 is 14.4 Å². The molecule has 0 saturated carbocycles. The number of hydrogen-bond acceptors (Lipinski definition) is 4. The van der Waals surface area contributed by atoms with E-state index in [0.717, 1.165) is 28.6 Å². The van der Waals surface area contributed by atoms with E-state index >= 15 is 0 Å². The molecule has 2 aliphatic rings. The molecule has 2 aromatic rings. The molecular weight excluding hydrogens is 510 g/mol. The number of halogens is 1. The van der Waals surface area contributed by atoms with Gasteiger partial charge < -0.3 is 20.4 Å². The van der Waals surface area contributed by atoms with Crippen molar-refractivity contribution in [2.24, 2.45) is 0 Å². The fraction of sp³-hybridized carbons (Fsp3) is 0.423. The highest BCUT2D eigenvalue weighted by molar-refractivity contribution is 9.10. The van der Waals surface area contributed by atoms with E-state index in [1.54, 1.807) is 14.1 Å². The third-order valence-electron chi connectivity index (χ3n) is 6.85. The summed E-state index contributed by atoms with van der Waals surface area (Å²) in [5, 5.41) is 6.10. The summed E-state index contributed by atoms with van der Waals surface area (Å²) in [6, 6.07) is 17.1. The van der Waals surface area contributed by atoms with Crippen molar-refractivity contribution in [1.29, 1.82) is 0 Å². The van der Waals surface area contributed by atoms with Gasteiger partial charge in [-0.05, 0) is 42.5 Å². The van der Waals surface area contributed by atoms with Gasteiger partial charge in [-0.25, -0.2) is 9.59 Å². The second-order valence-electron chi connectivity index (χ2n) is 9.47. The van der Waals surface area contributed by atoms with Crippen molar-refractivity contribution in [3.63, 3.8) is 0 Å². The maximum Gasteiger partial charge on any atom is 0.325 e. The molecule has 4 rings (SSSR count). The van der Waals surface area contributed by atoms with Crippen molar-refractivity contribution >= 4 is 33.9 Å². The normalized spacial score (nSPS) is 18.4. The Morgan fingerprint density at radius 2 is 1.74 bits per heavy atom. The lowest BCUT2D eigenvalue weighted by molar-refractivity contribution is -0.133. The standard InChI is InChI=1S/C26H32BrN5O3/c1-30(2)24(34)28-22(20-6-4-3-5-7-20)12-15-31-16-13-26(14-17-31)23(33)32(25(35)29-26)18-19-8-10-21(27)11-9-19/h3-11,22H,12-18H2,1-2H3,(H,28,34)(H,29,35). The second kappa shape index (κ2) is 10.8. The molecule has 1 atom stereocenters. The molecule has 9 heteroatoms. The van der Waals surface area contributed by atoms with E-state index in [-0.39, 0.29) is 30.6 Å². The highest BCUT2D eigenvalue weighted by atomic mass is 79.9. The molecule has 0 bridgehead atoms. The van der Waals surface area contributed by atoms with Gasteiger partial charge >= 0.3 is 12.1 Å². The van der Waals surface area contributed by atoms with Gasteiger partial charge in [0.1, 0.15) is 5.54 Å². The third kappa shape index (κ3) is 5.85. The summed E-state index contributed by atoms with van der Waals surface area (Å²) in [7, 11) is 3.46. The zero-order valence-corrected chi connectivity index (χ0v) is 21.8. The van der Waals surface area contributed by atoms with Crippen molar-refractivity contribution in [2.75, 3.05) is 33.7 Å². The number of imide groups is 1. The Bertz CT molecular complexity index is 1050. The molecule has 2 fully saturated rings. The molecule has 2 aromatic carbocycles. The number of rotatable bonds is 7. The van der Waals surface area contributed by atoms with Crippen LogP contribution in [0.25, 0.3) is 0 Å². The molecule has 1 spiro atoms. The SMILES string of the molecule is CN(C)C(=O)NC(CCN1CCC2(CC1)NC(=O)N(Cc1ccc(Br)cc1)C2=O)c1ccccc1. The number of carbonyl (C=O) groups excluding carboxylic acids is 3. The molecule has 8 nitrogen and oxygen atoms in total. The summed E-state index contributed by atoms with van der Waals surface area (Å²) >= 11 is 3.41. The van der Waals surface area contributed by atoms with Gasteiger partial charge in [-0.1, -0.05) is 58.4 Å². The molecule has 2 saturated heterocycles. The average molecular weight is 542 g/mol. The van der Waals surface area contributed by atoms with Gasteiger partial charge in [-0.3, -0.25) is 9.69 Å². The minimum atomic E-state index is -0.819. The summed E-state index contributed by atoms with van der Waals surface area (Å²) in [5.41, 5.74) is 1.16. The number of nitrogens with zero attached hydrogens (tertiary/aromatic N) is 3. The van der Waals surface area contributed by atoms with E-state index in [2.05, 4.69) is 31.5 Å². The fourth-order valence-electron chi connectivity index (χ4n) is 4.69. The topological polar surface area (TPSA) is 85.0 Å². The average Bonchev–Trinajstić information content (AvgIpc) is 3.08. The van der Waals surface area contributed by atoms with Crippen LogP contribution >= 0.6 is 15.9 Å². The maximum atomic E-state index is 13.3. The number of amides is 5. The molecule has 2 N–H and O–H groups in total. The van der Waals surface area contributed by atoms with E-state index in [4.69, 9.17) is 0 Å². The zero-order valence-electron chi connectivity index (χ0n) is 20.2. The Labute approximate surface area is 214 Å². The van der Waals surface area contributed by atoms with E-state index in [0.29, 0.717) is 25.9 Å². The van der Waals surface area contributed by atoms with E-state index < -0.39 is 5.54 Å². The molecule has 2 heterocycles. The quantitative estimate of drug-likeness (QED) is 0.523. The number of hydrogen-bond donors (Lipinski definition) is 2. The highest BCUT2D eigenvalue weighted by Gasteiger charge is 2.52. The number of benzene rings is 2. The van der Waals surface area contributed by atoms with Crippen molar-refractivity contribution in [3.8, 4) is 0 Å². The first-order valence-corrected chi connectivity index (χ1v) is 12.7. The van der Waals surface area contributed by atoms with Gasteiger partial charge in [0.05, 0.1) is 12.6 Å². The van der Waals surface area contributed by atoms with Crippen LogP contribution < -0.4 is 10.6 Å². The smallest absolute Gasteiger partial charge is 0.325 e. The monoisotopic (exact) mass is 541 g/mol. The Morgan fingerprint density at radius 1 is 1.09 bits per heavy atom. The maximum absolute atomic E-state index is 13.3. The molecule has 5 amide bonds. The first-order valence-electron chi connectivity index (χ1n) is 11.9. The van der Waals surface area contributed by atoms with Crippen LogP contribution in [0.3, 0.4) is 0 Å².